The van der Waals surface area contributed by atoms with Crippen LogP contribution in [0.1, 0.15) is 5.56 Å². The predicted molar refractivity (Wildman–Crippen MR) is 107 cm³/mol. The van der Waals surface area contributed by atoms with Gasteiger partial charge in [0.15, 0.2) is 5.96 Å². The highest BCUT2D eigenvalue weighted by Gasteiger charge is 1.99. The van der Waals surface area contributed by atoms with E-state index in [2.05, 4.69) is 15.6 Å². The first-order chi connectivity index (χ1) is 10.8. The second kappa shape index (κ2) is 11.1. The van der Waals surface area contributed by atoms with Crippen LogP contribution in [-0.2, 0) is 6.54 Å². The maximum Gasteiger partial charge on any atom is 0.191 e. The molecule has 0 fully saturated rings. The van der Waals surface area contributed by atoms with Gasteiger partial charge < -0.3 is 15.4 Å². The van der Waals surface area contributed by atoms with Crippen molar-refractivity contribution in [2.45, 2.75) is 6.54 Å². The molecule has 0 bridgehead atoms. The van der Waals surface area contributed by atoms with Crippen molar-refractivity contribution in [2.75, 3.05) is 20.2 Å². The average Bonchev–Trinajstić information content (AvgIpc) is 2.55. The number of nitrogens with zero attached hydrogens (tertiary/aromatic N) is 1. The Labute approximate surface area is 159 Å². The number of hydrogen-bond donors (Lipinski definition) is 2. The van der Waals surface area contributed by atoms with Crippen LogP contribution in [0.5, 0.6) is 5.75 Å². The zero-order chi connectivity index (χ0) is 15.6. The van der Waals surface area contributed by atoms with E-state index >= 15 is 0 Å². The standard InChI is InChI=1S/C17H20ClN3O.HI/c1-19-17(21-13-14-6-5-7-15(18)12-14)20-10-11-22-16-8-3-2-4-9-16;/h2-9,12H,10-11,13H2,1H3,(H2,19,20,21);1H. The molecule has 0 atom stereocenters. The van der Waals surface area contributed by atoms with Crippen molar-refractivity contribution in [3.05, 3.63) is 65.2 Å². The Bertz CT molecular complexity index is 608. The summed E-state index contributed by atoms with van der Waals surface area (Å²) in [5.41, 5.74) is 1.11. The molecule has 4 nitrogen and oxygen atoms in total. The fourth-order valence-corrected chi connectivity index (χ4v) is 2.12. The van der Waals surface area contributed by atoms with Gasteiger partial charge in [0.05, 0.1) is 6.54 Å². The molecule has 124 valence electrons. The van der Waals surface area contributed by atoms with Gasteiger partial charge in [-0.25, -0.2) is 0 Å². The van der Waals surface area contributed by atoms with Crippen molar-refractivity contribution >= 4 is 41.5 Å². The van der Waals surface area contributed by atoms with Crippen LogP contribution in [0.2, 0.25) is 5.02 Å². The van der Waals surface area contributed by atoms with Crippen LogP contribution in [0.15, 0.2) is 59.6 Å². The van der Waals surface area contributed by atoms with Crippen LogP contribution in [0, 0.1) is 0 Å². The Morgan fingerprint density at radius 3 is 2.57 bits per heavy atom. The summed E-state index contributed by atoms with van der Waals surface area (Å²) in [6.45, 7) is 1.91. The SMILES string of the molecule is CN=C(NCCOc1ccccc1)NCc1cccc(Cl)c1.I. The summed E-state index contributed by atoms with van der Waals surface area (Å²) in [7, 11) is 1.74. The van der Waals surface area contributed by atoms with Gasteiger partial charge in [0.2, 0.25) is 0 Å². The summed E-state index contributed by atoms with van der Waals surface area (Å²) in [5.74, 6) is 1.60. The van der Waals surface area contributed by atoms with Crippen molar-refractivity contribution in [3.8, 4) is 5.75 Å². The Kier molecular flexibility index (Phi) is 9.47. The summed E-state index contributed by atoms with van der Waals surface area (Å²) in [6.07, 6.45) is 0. The molecule has 0 saturated heterocycles. The van der Waals surface area contributed by atoms with Crippen LogP contribution < -0.4 is 15.4 Å². The Hall–Kier alpha value is -1.47. The topological polar surface area (TPSA) is 45.7 Å². The van der Waals surface area contributed by atoms with Gasteiger partial charge in [0.1, 0.15) is 12.4 Å². The summed E-state index contributed by atoms with van der Waals surface area (Å²) >= 11 is 5.96. The zero-order valence-electron chi connectivity index (χ0n) is 13.0. The molecule has 6 heteroatoms. The molecule has 0 saturated carbocycles. The number of nitrogens with one attached hydrogen (secondary N) is 2. The first-order valence-corrected chi connectivity index (χ1v) is 7.52. The molecule has 0 aliphatic heterocycles. The summed E-state index contributed by atoms with van der Waals surface area (Å²) in [6, 6.07) is 17.5. The molecule has 0 aliphatic rings. The largest absolute Gasteiger partial charge is 0.492 e. The number of guanidine groups is 1. The smallest absolute Gasteiger partial charge is 0.191 e. The summed E-state index contributed by atoms with van der Waals surface area (Å²) in [4.78, 5) is 4.18. The lowest BCUT2D eigenvalue weighted by atomic mass is 10.2. The quantitative estimate of drug-likeness (QED) is 0.308. The van der Waals surface area contributed by atoms with Crippen LogP contribution in [-0.4, -0.2) is 26.2 Å². The van der Waals surface area contributed by atoms with Crippen molar-refractivity contribution < 1.29 is 4.74 Å². The molecule has 23 heavy (non-hydrogen) atoms. The van der Waals surface area contributed by atoms with E-state index in [0.717, 1.165) is 22.3 Å². The van der Waals surface area contributed by atoms with Gasteiger partial charge in [-0.15, -0.1) is 24.0 Å². The highest BCUT2D eigenvalue weighted by molar-refractivity contribution is 14.0. The minimum absolute atomic E-state index is 0. The molecule has 0 unspecified atom stereocenters. The molecule has 0 aromatic heterocycles. The first kappa shape index (κ1) is 19.6. The van der Waals surface area contributed by atoms with Gasteiger partial charge in [-0.05, 0) is 29.8 Å². The molecule has 0 amide bonds. The molecule has 2 N–H and O–H groups in total. The van der Waals surface area contributed by atoms with E-state index in [1.807, 2.05) is 54.6 Å². The van der Waals surface area contributed by atoms with E-state index in [4.69, 9.17) is 16.3 Å². The van der Waals surface area contributed by atoms with Gasteiger partial charge in [0.25, 0.3) is 0 Å². The second-order valence-corrected chi connectivity index (χ2v) is 5.08. The molecule has 0 aliphatic carbocycles. The molecule has 0 spiro atoms. The van der Waals surface area contributed by atoms with Gasteiger partial charge >= 0.3 is 0 Å². The number of para-hydroxylation sites is 1. The number of ether oxygens (including phenoxy) is 1. The van der Waals surface area contributed by atoms with E-state index in [-0.39, 0.29) is 24.0 Å². The van der Waals surface area contributed by atoms with Crippen molar-refractivity contribution in [3.63, 3.8) is 0 Å². The molecular weight excluding hydrogens is 425 g/mol. The van der Waals surface area contributed by atoms with E-state index in [9.17, 15) is 0 Å². The van der Waals surface area contributed by atoms with E-state index in [1.165, 1.54) is 0 Å². The monoisotopic (exact) mass is 445 g/mol. The first-order valence-electron chi connectivity index (χ1n) is 7.15. The van der Waals surface area contributed by atoms with E-state index in [1.54, 1.807) is 7.05 Å². The summed E-state index contributed by atoms with van der Waals surface area (Å²) in [5, 5.41) is 7.18. The molecular formula is C17H21ClIN3O. The van der Waals surface area contributed by atoms with E-state index in [0.29, 0.717) is 19.7 Å². The molecule has 0 heterocycles. The Balaban J connectivity index is 0.00000264. The van der Waals surface area contributed by atoms with Gasteiger partial charge in [-0.3, -0.25) is 4.99 Å². The third-order valence-electron chi connectivity index (χ3n) is 2.98. The molecule has 2 rings (SSSR count). The lowest BCUT2D eigenvalue weighted by Crippen LogP contribution is -2.38. The number of hydrogen-bond acceptors (Lipinski definition) is 2. The minimum atomic E-state index is 0. The Morgan fingerprint density at radius 2 is 1.87 bits per heavy atom. The number of benzene rings is 2. The summed E-state index contributed by atoms with van der Waals surface area (Å²) < 4.78 is 5.62. The fraction of sp³-hybridized carbons (Fsp3) is 0.235. The third kappa shape index (κ3) is 7.56. The normalized spacial score (nSPS) is 10.6. The third-order valence-corrected chi connectivity index (χ3v) is 3.21. The molecule has 2 aromatic rings. The predicted octanol–water partition coefficient (Wildman–Crippen LogP) is 3.70. The number of rotatable bonds is 6. The second-order valence-electron chi connectivity index (χ2n) is 4.64. The zero-order valence-corrected chi connectivity index (χ0v) is 16.0. The van der Waals surface area contributed by atoms with Crippen LogP contribution in [0.3, 0.4) is 0 Å². The van der Waals surface area contributed by atoms with Gasteiger partial charge in [-0.2, -0.15) is 0 Å². The molecule has 0 radical (unpaired) electrons. The highest BCUT2D eigenvalue weighted by atomic mass is 127. The number of aliphatic imine (C=N–C) groups is 1. The fourth-order valence-electron chi connectivity index (χ4n) is 1.91. The molecule has 2 aromatic carbocycles. The van der Waals surface area contributed by atoms with Crippen LogP contribution in [0.4, 0.5) is 0 Å². The van der Waals surface area contributed by atoms with Gasteiger partial charge in [-0.1, -0.05) is 41.9 Å². The maximum atomic E-state index is 5.96. The lowest BCUT2D eigenvalue weighted by molar-refractivity contribution is 0.322. The maximum absolute atomic E-state index is 5.96. The lowest BCUT2D eigenvalue weighted by Gasteiger charge is -2.12. The van der Waals surface area contributed by atoms with Crippen molar-refractivity contribution in [2.24, 2.45) is 4.99 Å². The highest BCUT2D eigenvalue weighted by Crippen LogP contribution is 2.10. The van der Waals surface area contributed by atoms with Crippen LogP contribution in [0.25, 0.3) is 0 Å². The van der Waals surface area contributed by atoms with Crippen LogP contribution >= 0.6 is 35.6 Å². The Morgan fingerprint density at radius 1 is 1.09 bits per heavy atom. The average molecular weight is 446 g/mol. The minimum Gasteiger partial charge on any atom is -0.492 e. The van der Waals surface area contributed by atoms with E-state index < -0.39 is 0 Å². The number of halogens is 2. The van der Waals surface area contributed by atoms with Crippen molar-refractivity contribution in [1.82, 2.24) is 10.6 Å². The van der Waals surface area contributed by atoms with Crippen molar-refractivity contribution in [1.29, 1.82) is 0 Å². The van der Waals surface area contributed by atoms with Gasteiger partial charge in [0, 0.05) is 18.6 Å².